The maximum Gasteiger partial charge on any atom is 0.156 e. The average Bonchev–Trinajstić information content (AvgIpc) is 2.52. The lowest BCUT2D eigenvalue weighted by Crippen LogP contribution is -2.37. The Morgan fingerprint density at radius 3 is 2.38 bits per heavy atom. The van der Waals surface area contributed by atoms with E-state index in [0.29, 0.717) is 22.4 Å². The Morgan fingerprint density at radius 1 is 1.17 bits per heavy atom. The summed E-state index contributed by atoms with van der Waals surface area (Å²) in [4.78, 5) is 2.44. The minimum atomic E-state index is 0. The van der Waals surface area contributed by atoms with Gasteiger partial charge in [-0.25, -0.2) is 0 Å². The largest absolute Gasteiger partial charge is 0.491 e. The highest BCUT2D eigenvalue weighted by molar-refractivity contribution is 6.37. The first-order chi connectivity index (χ1) is 10.7. The third-order valence-electron chi connectivity index (χ3n) is 3.61. The maximum atomic E-state index is 6.20. The summed E-state index contributed by atoms with van der Waals surface area (Å²) in [6.45, 7) is 9.12. The van der Waals surface area contributed by atoms with Crippen LogP contribution in [-0.4, -0.2) is 50.9 Å². The van der Waals surface area contributed by atoms with E-state index in [1.807, 2.05) is 19.1 Å². The van der Waals surface area contributed by atoms with Crippen molar-refractivity contribution in [1.82, 2.24) is 10.2 Å². The smallest absolute Gasteiger partial charge is 0.156 e. The van der Waals surface area contributed by atoms with Crippen molar-refractivity contribution in [2.24, 2.45) is 0 Å². The first kappa shape index (κ1) is 24.1. The molecule has 1 aliphatic heterocycles. The second-order valence-corrected chi connectivity index (χ2v) is 6.12. The molecule has 0 amide bonds. The van der Waals surface area contributed by atoms with Gasteiger partial charge in [-0.15, -0.1) is 24.8 Å². The monoisotopic (exact) mass is 418 g/mol. The third kappa shape index (κ3) is 7.96. The van der Waals surface area contributed by atoms with E-state index < -0.39 is 0 Å². The van der Waals surface area contributed by atoms with Gasteiger partial charge in [0.25, 0.3) is 0 Å². The summed E-state index contributed by atoms with van der Waals surface area (Å²) in [6, 6.07) is 3.82. The van der Waals surface area contributed by atoms with Crippen molar-refractivity contribution < 1.29 is 9.47 Å². The molecule has 1 aromatic rings. The Balaban J connectivity index is 0.00000264. The van der Waals surface area contributed by atoms with Crippen LogP contribution in [0, 0.1) is 0 Å². The molecule has 4 nitrogen and oxygen atoms in total. The number of ether oxygens (including phenoxy) is 2. The van der Waals surface area contributed by atoms with Crippen LogP contribution in [0.25, 0.3) is 0 Å². The number of hydrogen-bond acceptors (Lipinski definition) is 4. The summed E-state index contributed by atoms with van der Waals surface area (Å²) < 4.78 is 10.8. The van der Waals surface area contributed by atoms with Gasteiger partial charge in [0.2, 0.25) is 0 Å². The normalized spacial score (nSPS) is 14.6. The van der Waals surface area contributed by atoms with Gasteiger partial charge in [0.05, 0.1) is 29.9 Å². The zero-order chi connectivity index (χ0) is 15.8. The highest BCUT2D eigenvalue weighted by Gasteiger charge is 2.10. The highest BCUT2D eigenvalue weighted by atomic mass is 35.5. The van der Waals surface area contributed by atoms with E-state index in [0.717, 1.165) is 57.9 Å². The van der Waals surface area contributed by atoms with Crippen LogP contribution in [-0.2, 0) is 11.3 Å². The van der Waals surface area contributed by atoms with Gasteiger partial charge < -0.3 is 14.8 Å². The van der Waals surface area contributed by atoms with Crippen LogP contribution in [0.3, 0.4) is 0 Å². The molecule has 0 radical (unpaired) electrons. The molecule has 0 unspecified atom stereocenters. The summed E-state index contributed by atoms with van der Waals surface area (Å²) >= 11 is 12.4. The maximum absolute atomic E-state index is 6.20. The van der Waals surface area contributed by atoms with Gasteiger partial charge in [-0.05, 0) is 44.1 Å². The van der Waals surface area contributed by atoms with Crippen LogP contribution in [0.2, 0.25) is 10.0 Å². The fraction of sp³-hybridized carbons (Fsp3) is 0.625. The minimum absolute atomic E-state index is 0. The van der Waals surface area contributed by atoms with Gasteiger partial charge in [-0.2, -0.15) is 0 Å². The van der Waals surface area contributed by atoms with Gasteiger partial charge in [0.1, 0.15) is 0 Å². The molecule has 0 aliphatic carbocycles. The number of benzene rings is 1. The van der Waals surface area contributed by atoms with Crippen molar-refractivity contribution in [1.29, 1.82) is 0 Å². The lowest BCUT2D eigenvalue weighted by Gasteiger charge is -2.26. The fourth-order valence-corrected chi connectivity index (χ4v) is 3.12. The molecule has 1 aromatic carbocycles. The fourth-order valence-electron chi connectivity index (χ4n) is 2.48. The lowest BCUT2D eigenvalue weighted by atomic mass is 10.2. The van der Waals surface area contributed by atoms with E-state index in [1.165, 1.54) is 0 Å². The zero-order valence-electron chi connectivity index (χ0n) is 13.9. The first-order valence-electron chi connectivity index (χ1n) is 7.82. The van der Waals surface area contributed by atoms with E-state index in [-0.39, 0.29) is 24.8 Å². The van der Waals surface area contributed by atoms with Gasteiger partial charge >= 0.3 is 0 Å². The van der Waals surface area contributed by atoms with Gasteiger partial charge in [-0.1, -0.05) is 23.2 Å². The second-order valence-electron chi connectivity index (χ2n) is 5.31. The van der Waals surface area contributed by atoms with Crippen LogP contribution in [0.15, 0.2) is 12.1 Å². The highest BCUT2D eigenvalue weighted by Crippen LogP contribution is 2.34. The molecule has 0 atom stereocenters. The number of hydrogen-bond donors (Lipinski definition) is 1. The average molecular weight is 420 g/mol. The molecule has 140 valence electrons. The van der Waals surface area contributed by atoms with Crippen molar-refractivity contribution in [3.05, 3.63) is 27.7 Å². The van der Waals surface area contributed by atoms with E-state index in [1.54, 1.807) is 0 Å². The molecule has 2 rings (SSSR count). The second kappa shape index (κ2) is 13.3. The Bertz CT molecular complexity index is 448. The molecule has 0 spiro atoms. The van der Waals surface area contributed by atoms with Crippen molar-refractivity contribution >= 4 is 48.0 Å². The molecule has 0 saturated carbocycles. The summed E-state index contributed by atoms with van der Waals surface area (Å²) in [5, 5.41) is 4.57. The molecular formula is C16H26Cl4N2O2. The number of halogens is 4. The van der Waals surface area contributed by atoms with E-state index in [2.05, 4.69) is 10.2 Å². The Kier molecular flexibility index (Phi) is 13.3. The molecule has 1 aliphatic rings. The van der Waals surface area contributed by atoms with Crippen LogP contribution >= 0.6 is 48.0 Å². The predicted molar refractivity (Wildman–Crippen MR) is 106 cm³/mol. The lowest BCUT2D eigenvalue weighted by molar-refractivity contribution is 0.0374. The van der Waals surface area contributed by atoms with Crippen molar-refractivity contribution in [3.8, 4) is 5.75 Å². The number of morpholine rings is 1. The van der Waals surface area contributed by atoms with E-state index in [9.17, 15) is 0 Å². The molecule has 1 saturated heterocycles. The predicted octanol–water partition coefficient (Wildman–Crippen LogP) is 4.05. The summed E-state index contributed by atoms with van der Waals surface area (Å²) in [6.07, 6.45) is 1.12. The van der Waals surface area contributed by atoms with Gasteiger partial charge in [0, 0.05) is 19.6 Å². The first-order valence-corrected chi connectivity index (χ1v) is 8.58. The number of nitrogens with zero attached hydrogens (tertiary/aromatic N) is 1. The van der Waals surface area contributed by atoms with Crippen LogP contribution in [0.1, 0.15) is 18.9 Å². The minimum Gasteiger partial charge on any atom is -0.491 e. The number of rotatable bonds is 8. The Labute approximate surface area is 167 Å². The summed E-state index contributed by atoms with van der Waals surface area (Å²) in [7, 11) is 0. The summed E-state index contributed by atoms with van der Waals surface area (Å²) in [5.41, 5.74) is 1.07. The van der Waals surface area contributed by atoms with Gasteiger partial charge in [-0.3, -0.25) is 4.90 Å². The van der Waals surface area contributed by atoms with Crippen molar-refractivity contribution in [2.75, 3.05) is 46.0 Å². The summed E-state index contributed by atoms with van der Waals surface area (Å²) in [5.74, 6) is 0.571. The molecular weight excluding hydrogens is 394 g/mol. The van der Waals surface area contributed by atoms with Crippen molar-refractivity contribution in [3.63, 3.8) is 0 Å². The molecule has 24 heavy (non-hydrogen) atoms. The molecule has 1 N–H and O–H groups in total. The molecule has 8 heteroatoms. The SMILES string of the molecule is CCOc1c(Cl)cc(CNCCCN2CCOCC2)cc1Cl.Cl.Cl. The molecule has 0 aromatic heterocycles. The molecule has 1 heterocycles. The zero-order valence-corrected chi connectivity index (χ0v) is 17.0. The standard InChI is InChI=1S/C16H24Cl2N2O2.2ClH/c1-2-22-16-14(17)10-13(11-15(16)18)12-19-4-3-5-20-6-8-21-9-7-20;;/h10-11,19H,2-9,12H2,1H3;2*1H. The van der Waals surface area contributed by atoms with Gasteiger partial charge in [0.15, 0.2) is 5.75 Å². The Morgan fingerprint density at radius 2 is 1.79 bits per heavy atom. The molecule has 1 fully saturated rings. The Hall–Kier alpha value is 0.0600. The third-order valence-corrected chi connectivity index (χ3v) is 4.17. The topological polar surface area (TPSA) is 33.7 Å². The van der Waals surface area contributed by atoms with E-state index in [4.69, 9.17) is 32.7 Å². The number of nitrogens with one attached hydrogen (secondary N) is 1. The quantitative estimate of drug-likeness (QED) is 0.644. The van der Waals surface area contributed by atoms with Crippen molar-refractivity contribution in [2.45, 2.75) is 19.9 Å². The van der Waals surface area contributed by atoms with Crippen LogP contribution < -0.4 is 10.1 Å². The van der Waals surface area contributed by atoms with Crippen LogP contribution in [0.4, 0.5) is 0 Å². The van der Waals surface area contributed by atoms with Crippen LogP contribution in [0.5, 0.6) is 5.75 Å². The molecule has 0 bridgehead atoms. The van der Waals surface area contributed by atoms with E-state index >= 15 is 0 Å².